The lowest BCUT2D eigenvalue weighted by molar-refractivity contribution is -0.137. The maximum atomic E-state index is 10.7. The summed E-state index contributed by atoms with van der Waals surface area (Å²) in [5.41, 5.74) is 1.17. The minimum atomic E-state index is -0.714. The van der Waals surface area contributed by atoms with Crippen molar-refractivity contribution < 1.29 is 9.90 Å². The van der Waals surface area contributed by atoms with Crippen LogP contribution in [0.1, 0.15) is 12.5 Å². The fourth-order valence-corrected chi connectivity index (χ4v) is 1.79. The highest BCUT2D eigenvalue weighted by Crippen LogP contribution is 2.29. The maximum absolute atomic E-state index is 10.7. The predicted molar refractivity (Wildman–Crippen MR) is 52.9 cm³/mol. The molecule has 14 heavy (non-hydrogen) atoms. The van der Waals surface area contributed by atoms with Gasteiger partial charge in [0.15, 0.2) is 0 Å². The summed E-state index contributed by atoms with van der Waals surface area (Å²) in [5, 5.41) is 8.83. The molecule has 3 nitrogen and oxygen atoms in total. The average Bonchev–Trinajstić information content (AvgIpc) is 2.78. The van der Waals surface area contributed by atoms with Crippen molar-refractivity contribution in [3.63, 3.8) is 0 Å². The summed E-state index contributed by atoms with van der Waals surface area (Å²) < 4.78 is 0. The van der Waals surface area contributed by atoms with Gasteiger partial charge in [-0.2, -0.15) is 0 Å². The van der Waals surface area contributed by atoms with Gasteiger partial charge in [0.25, 0.3) is 0 Å². The SMILES string of the molecule is C[C@H]1[C@@H](C(=O)O)N1Cc1ccccc1. The fraction of sp³-hybridized carbons (Fsp3) is 0.364. The van der Waals surface area contributed by atoms with Crippen molar-refractivity contribution in [2.75, 3.05) is 0 Å². The zero-order chi connectivity index (χ0) is 10.1. The smallest absolute Gasteiger partial charge is 0.322 e. The summed E-state index contributed by atoms with van der Waals surface area (Å²) in [5.74, 6) is -0.714. The van der Waals surface area contributed by atoms with E-state index in [1.165, 1.54) is 5.56 Å². The molecule has 1 unspecified atom stereocenters. The monoisotopic (exact) mass is 191 g/mol. The second kappa shape index (κ2) is 3.42. The molecular formula is C11H13NO2. The summed E-state index contributed by atoms with van der Waals surface area (Å²) in [6, 6.07) is 9.83. The normalized spacial score (nSPS) is 29.9. The van der Waals surface area contributed by atoms with Crippen molar-refractivity contribution in [2.45, 2.75) is 25.6 Å². The van der Waals surface area contributed by atoms with Gasteiger partial charge in [0.1, 0.15) is 6.04 Å². The van der Waals surface area contributed by atoms with Gasteiger partial charge in [0.05, 0.1) is 0 Å². The van der Waals surface area contributed by atoms with E-state index >= 15 is 0 Å². The molecule has 3 heteroatoms. The first kappa shape index (κ1) is 9.21. The molecule has 1 heterocycles. The van der Waals surface area contributed by atoms with Crippen LogP contribution < -0.4 is 0 Å². The third kappa shape index (κ3) is 1.63. The van der Waals surface area contributed by atoms with Crippen molar-refractivity contribution in [3.8, 4) is 0 Å². The summed E-state index contributed by atoms with van der Waals surface area (Å²) in [4.78, 5) is 12.7. The Morgan fingerprint density at radius 3 is 2.57 bits per heavy atom. The number of nitrogens with zero attached hydrogens (tertiary/aromatic N) is 1. The Labute approximate surface area is 83.0 Å². The van der Waals surface area contributed by atoms with Crippen LogP contribution in [0.25, 0.3) is 0 Å². The molecule has 0 bridgehead atoms. The third-order valence-electron chi connectivity index (χ3n) is 2.71. The molecule has 3 atom stereocenters. The predicted octanol–water partition coefficient (Wildman–Crippen LogP) is 1.34. The van der Waals surface area contributed by atoms with Gasteiger partial charge in [0, 0.05) is 12.6 Å². The molecule has 1 N–H and O–H groups in total. The van der Waals surface area contributed by atoms with E-state index < -0.39 is 5.97 Å². The number of benzene rings is 1. The average molecular weight is 191 g/mol. The van der Waals surface area contributed by atoms with E-state index in [1.807, 2.05) is 42.2 Å². The Morgan fingerprint density at radius 2 is 2.07 bits per heavy atom. The van der Waals surface area contributed by atoms with Gasteiger partial charge in [0.2, 0.25) is 0 Å². The summed E-state index contributed by atoms with van der Waals surface area (Å²) in [6.45, 7) is 2.68. The largest absolute Gasteiger partial charge is 0.480 e. The zero-order valence-corrected chi connectivity index (χ0v) is 8.05. The second-order valence-electron chi connectivity index (χ2n) is 3.68. The topological polar surface area (TPSA) is 40.3 Å². The van der Waals surface area contributed by atoms with Crippen molar-refractivity contribution in [1.82, 2.24) is 4.90 Å². The van der Waals surface area contributed by atoms with Gasteiger partial charge >= 0.3 is 5.97 Å². The number of carboxylic acid groups (broad SMARTS) is 1. The lowest BCUT2D eigenvalue weighted by atomic mass is 10.2. The minimum Gasteiger partial charge on any atom is -0.480 e. The zero-order valence-electron chi connectivity index (χ0n) is 8.05. The van der Waals surface area contributed by atoms with Crippen LogP contribution >= 0.6 is 0 Å². The summed E-state index contributed by atoms with van der Waals surface area (Å²) in [6.07, 6.45) is 0. The molecule has 74 valence electrons. The second-order valence-corrected chi connectivity index (χ2v) is 3.68. The number of carboxylic acids is 1. The van der Waals surface area contributed by atoms with Gasteiger partial charge in [-0.05, 0) is 12.5 Å². The molecule has 1 aromatic rings. The molecule has 0 aliphatic carbocycles. The molecule has 1 fully saturated rings. The first-order valence-corrected chi connectivity index (χ1v) is 4.72. The first-order chi connectivity index (χ1) is 6.70. The molecule has 0 spiro atoms. The van der Waals surface area contributed by atoms with Crippen molar-refractivity contribution in [3.05, 3.63) is 35.9 Å². The molecule has 0 saturated carbocycles. The number of hydrogen-bond acceptors (Lipinski definition) is 2. The highest BCUT2D eigenvalue weighted by molar-refractivity contribution is 5.78. The Morgan fingerprint density at radius 1 is 1.43 bits per heavy atom. The Hall–Kier alpha value is -1.35. The number of hydrogen-bond donors (Lipinski definition) is 1. The van der Waals surface area contributed by atoms with E-state index in [9.17, 15) is 4.79 Å². The van der Waals surface area contributed by atoms with Gasteiger partial charge in [-0.3, -0.25) is 9.69 Å². The highest BCUT2D eigenvalue weighted by atomic mass is 16.4. The summed E-state index contributed by atoms with van der Waals surface area (Å²) >= 11 is 0. The molecular weight excluding hydrogens is 178 g/mol. The Balaban J connectivity index is 1.98. The number of aliphatic carboxylic acids is 1. The quantitative estimate of drug-likeness (QED) is 0.733. The van der Waals surface area contributed by atoms with Gasteiger partial charge in [-0.25, -0.2) is 0 Å². The first-order valence-electron chi connectivity index (χ1n) is 4.72. The minimum absolute atomic E-state index is 0.174. The molecule has 1 aliphatic heterocycles. The molecule has 0 radical (unpaired) electrons. The van der Waals surface area contributed by atoms with Crippen LogP contribution in [0, 0.1) is 0 Å². The number of carbonyl (C=O) groups is 1. The van der Waals surface area contributed by atoms with E-state index in [-0.39, 0.29) is 12.1 Å². The highest BCUT2D eigenvalue weighted by Gasteiger charge is 2.49. The molecule has 1 saturated heterocycles. The lowest BCUT2D eigenvalue weighted by Gasteiger charge is -2.01. The number of rotatable bonds is 3. The van der Waals surface area contributed by atoms with Gasteiger partial charge in [-0.1, -0.05) is 30.3 Å². The van der Waals surface area contributed by atoms with Crippen LogP contribution in [0.5, 0.6) is 0 Å². The lowest BCUT2D eigenvalue weighted by Crippen LogP contribution is -2.11. The van der Waals surface area contributed by atoms with Crippen LogP contribution in [0.3, 0.4) is 0 Å². The van der Waals surface area contributed by atoms with Crippen molar-refractivity contribution >= 4 is 5.97 Å². The molecule has 1 aliphatic rings. The molecule has 0 aromatic heterocycles. The van der Waals surface area contributed by atoms with Crippen LogP contribution in [0.4, 0.5) is 0 Å². The molecule has 0 amide bonds. The van der Waals surface area contributed by atoms with E-state index in [1.54, 1.807) is 0 Å². The standard InChI is InChI=1S/C11H13NO2/c1-8-10(11(13)14)12(8)7-9-5-3-2-4-6-9/h2-6,8,10H,7H2,1H3,(H,13,14)/t8-,10-,12?/m0/s1. The fourth-order valence-electron chi connectivity index (χ4n) is 1.79. The molecule has 1 aromatic carbocycles. The third-order valence-corrected chi connectivity index (χ3v) is 2.71. The van der Waals surface area contributed by atoms with E-state index in [4.69, 9.17) is 5.11 Å². The molecule has 2 rings (SSSR count). The van der Waals surface area contributed by atoms with Crippen molar-refractivity contribution in [1.29, 1.82) is 0 Å². The maximum Gasteiger partial charge on any atom is 0.322 e. The van der Waals surface area contributed by atoms with E-state index in [0.717, 1.165) is 6.54 Å². The summed E-state index contributed by atoms with van der Waals surface area (Å²) in [7, 11) is 0. The Bertz CT molecular complexity index is 336. The Kier molecular flexibility index (Phi) is 2.25. The van der Waals surface area contributed by atoms with E-state index in [0.29, 0.717) is 0 Å². The van der Waals surface area contributed by atoms with Crippen LogP contribution in [0.2, 0.25) is 0 Å². The van der Waals surface area contributed by atoms with Gasteiger partial charge < -0.3 is 5.11 Å². The van der Waals surface area contributed by atoms with Crippen LogP contribution in [-0.4, -0.2) is 28.1 Å². The van der Waals surface area contributed by atoms with Crippen LogP contribution in [-0.2, 0) is 11.3 Å². The van der Waals surface area contributed by atoms with E-state index in [2.05, 4.69) is 0 Å². The van der Waals surface area contributed by atoms with Crippen LogP contribution in [0.15, 0.2) is 30.3 Å². The van der Waals surface area contributed by atoms with Gasteiger partial charge in [-0.15, -0.1) is 0 Å². The van der Waals surface area contributed by atoms with Crippen molar-refractivity contribution in [2.24, 2.45) is 0 Å².